The standard InChI is InChI=1S/C18H12F3S.C7H8O3S/c19-13-11-16(20)18(17(21)12-13)22(14-7-3-1-4-8-14)15-9-5-2-6-10-15;1-6-2-4-7(5-3-6)11(8,9)10/h1-12H;2-5H,1H3,(H,8,9,10)/q+1;/p-1. The first-order chi connectivity index (χ1) is 15.7. The molecule has 0 aliphatic rings. The van der Waals surface area contributed by atoms with Crippen LogP contribution in [0.3, 0.4) is 0 Å². The number of rotatable bonds is 4. The molecular formula is C25H19F3O3S2. The first-order valence-electron chi connectivity index (χ1n) is 9.68. The van der Waals surface area contributed by atoms with E-state index < -0.39 is 38.5 Å². The maximum atomic E-state index is 14.3. The Kier molecular flexibility index (Phi) is 7.97. The van der Waals surface area contributed by atoms with E-state index in [9.17, 15) is 26.1 Å². The van der Waals surface area contributed by atoms with Crippen LogP contribution in [0.1, 0.15) is 5.56 Å². The topological polar surface area (TPSA) is 57.2 Å². The summed E-state index contributed by atoms with van der Waals surface area (Å²) in [5.41, 5.74) is 0.928. The Morgan fingerprint density at radius 3 is 1.52 bits per heavy atom. The molecule has 0 saturated carbocycles. The van der Waals surface area contributed by atoms with Crippen molar-refractivity contribution in [3.8, 4) is 0 Å². The molecule has 0 aliphatic heterocycles. The maximum absolute atomic E-state index is 14.3. The minimum absolute atomic E-state index is 0.112. The van der Waals surface area contributed by atoms with Gasteiger partial charge in [-0.3, -0.25) is 0 Å². The highest BCUT2D eigenvalue weighted by atomic mass is 32.2. The molecule has 0 aromatic heterocycles. The third-order valence-electron chi connectivity index (χ3n) is 4.43. The van der Waals surface area contributed by atoms with E-state index in [1.807, 2.05) is 67.6 Å². The molecule has 0 bridgehead atoms. The molecule has 0 heterocycles. The summed E-state index contributed by atoms with van der Waals surface area (Å²) in [6.45, 7) is 1.82. The predicted octanol–water partition coefficient (Wildman–Crippen LogP) is 6.10. The fraction of sp³-hybridized carbons (Fsp3) is 0.0400. The third-order valence-corrected chi connectivity index (χ3v) is 7.57. The SMILES string of the molecule is Cc1ccc(S(=O)(=O)[O-])cc1.Fc1cc(F)c([S+](c2ccccc2)c2ccccc2)c(F)c1. The van der Waals surface area contributed by atoms with E-state index in [4.69, 9.17) is 0 Å². The lowest BCUT2D eigenvalue weighted by Gasteiger charge is -2.09. The summed E-state index contributed by atoms with van der Waals surface area (Å²) in [4.78, 5) is 1.26. The fourth-order valence-corrected chi connectivity index (χ4v) is 5.49. The predicted molar refractivity (Wildman–Crippen MR) is 121 cm³/mol. The van der Waals surface area contributed by atoms with E-state index in [0.29, 0.717) is 0 Å². The van der Waals surface area contributed by atoms with Gasteiger partial charge in [-0.05, 0) is 43.3 Å². The van der Waals surface area contributed by atoms with Gasteiger partial charge in [-0.2, -0.15) is 0 Å². The normalized spacial score (nSPS) is 11.1. The molecule has 0 saturated heterocycles. The average molecular weight is 489 g/mol. The number of aryl methyl sites for hydroxylation is 1. The number of hydrogen-bond acceptors (Lipinski definition) is 3. The highest BCUT2D eigenvalue weighted by Gasteiger charge is 2.35. The lowest BCUT2D eigenvalue weighted by atomic mass is 10.2. The van der Waals surface area contributed by atoms with Gasteiger partial charge in [0.2, 0.25) is 4.90 Å². The van der Waals surface area contributed by atoms with Crippen molar-refractivity contribution in [3.05, 3.63) is 120 Å². The van der Waals surface area contributed by atoms with Gasteiger partial charge in [0.15, 0.2) is 21.4 Å². The van der Waals surface area contributed by atoms with Crippen LogP contribution in [-0.2, 0) is 21.0 Å². The molecule has 33 heavy (non-hydrogen) atoms. The number of halogens is 3. The van der Waals surface area contributed by atoms with Crippen molar-refractivity contribution in [1.29, 1.82) is 0 Å². The monoisotopic (exact) mass is 488 g/mol. The molecule has 0 N–H and O–H groups in total. The maximum Gasteiger partial charge on any atom is 0.237 e. The molecule has 0 unspecified atom stereocenters. The Bertz CT molecular complexity index is 1250. The van der Waals surface area contributed by atoms with Crippen molar-refractivity contribution >= 4 is 21.0 Å². The lowest BCUT2D eigenvalue weighted by molar-refractivity contribution is 0.463. The molecule has 0 radical (unpaired) electrons. The Hall–Kier alpha value is -3.07. The Morgan fingerprint density at radius 2 is 1.12 bits per heavy atom. The third kappa shape index (κ3) is 6.47. The smallest absolute Gasteiger partial charge is 0.237 e. The van der Waals surface area contributed by atoms with Crippen LogP contribution in [0, 0.1) is 24.4 Å². The van der Waals surface area contributed by atoms with Crippen molar-refractivity contribution in [2.24, 2.45) is 0 Å². The van der Waals surface area contributed by atoms with E-state index in [0.717, 1.165) is 27.5 Å². The van der Waals surface area contributed by atoms with Crippen LogP contribution < -0.4 is 0 Å². The second-order valence-corrected chi connectivity index (χ2v) is 10.2. The molecule has 4 aromatic carbocycles. The van der Waals surface area contributed by atoms with Crippen LogP contribution >= 0.6 is 0 Å². The summed E-state index contributed by atoms with van der Waals surface area (Å²) >= 11 is 0. The van der Waals surface area contributed by atoms with Gasteiger partial charge in [0.25, 0.3) is 0 Å². The van der Waals surface area contributed by atoms with E-state index in [-0.39, 0.29) is 9.79 Å². The van der Waals surface area contributed by atoms with Crippen LogP contribution in [-0.4, -0.2) is 13.0 Å². The summed E-state index contributed by atoms with van der Waals surface area (Å²) < 4.78 is 72.9. The van der Waals surface area contributed by atoms with Crippen LogP contribution in [0.5, 0.6) is 0 Å². The van der Waals surface area contributed by atoms with Crippen molar-refractivity contribution in [1.82, 2.24) is 0 Å². The summed E-state index contributed by atoms with van der Waals surface area (Å²) in [7, 11) is -5.23. The summed E-state index contributed by atoms with van der Waals surface area (Å²) in [6.07, 6.45) is 0. The van der Waals surface area contributed by atoms with Crippen molar-refractivity contribution < 1.29 is 26.1 Å². The molecular weight excluding hydrogens is 469 g/mol. The Labute approximate surface area is 193 Å². The lowest BCUT2D eigenvalue weighted by Crippen LogP contribution is -2.10. The highest BCUT2D eigenvalue weighted by Crippen LogP contribution is 2.34. The van der Waals surface area contributed by atoms with Gasteiger partial charge >= 0.3 is 0 Å². The minimum atomic E-state index is -4.27. The molecule has 0 spiro atoms. The molecule has 0 aliphatic carbocycles. The van der Waals surface area contributed by atoms with Gasteiger partial charge in [0.1, 0.15) is 26.8 Å². The van der Waals surface area contributed by atoms with Gasteiger partial charge in [-0.25, -0.2) is 21.6 Å². The Balaban J connectivity index is 0.000000235. The van der Waals surface area contributed by atoms with Gasteiger partial charge in [-0.15, -0.1) is 0 Å². The van der Waals surface area contributed by atoms with Crippen molar-refractivity contribution in [2.75, 3.05) is 0 Å². The zero-order valence-electron chi connectivity index (χ0n) is 17.4. The molecule has 4 rings (SSSR count). The van der Waals surface area contributed by atoms with E-state index >= 15 is 0 Å². The number of benzene rings is 4. The first kappa shape index (κ1) is 24.6. The van der Waals surface area contributed by atoms with Crippen LogP contribution in [0.15, 0.2) is 117 Å². The van der Waals surface area contributed by atoms with Gasteiger partial charge in [-0.1, -0.05) is 54.1 Å². The second kappa shape index (κ2) is 10.7. The zero-order valence-corrected chi connectivity index (χ0v) is 19.0. The minimum Gasteiger partial charge on any atom is -0.744 e. The summed E-state index contributed by atoms with van der Waals surface area (Å²) in [5, 5.41) is 0. The van der Waals surface area contributed by atoms with Gasteiger partial charge < -0.3 is 4.55 Å². The quantitative estimate of drug-likeness (QED) is 0.258. The fourth-order valence-electron chi connectivity index (χ4n) is 2.91. The second-order valence-electron chi connectivity index (χ2n) is 6.90. The van der Waals surface area contributed by atoms with Crippen LogP contribution in [0.4, 0.5) is 13.2 Å². The van der Waals surface area contributed by atoms with Crippen molar-refractivity contribution in [3.63, 3.8) is 0 Å². The molecule has 0 atom stereocenters. The molecule has 3 nitrogen and oxygen atoms in total. The molecule has 4 aromatic rings. The van der Waals surface area contributed by atoms with E-state index in [1.165, 1.54) is 12.1 Å². The Morgan fingerprint density at radius 1 is 0.697 bits per heavy atom. The van der Waals surface area contributed by atoms with Crippen LogP contribution in [0.2, 0.25) is 0 Å². The van der Waals surface area contributed by atoms with E-state index in [2.05, 4.69) is 0 Å². The average Bonchev–Trinajstić information content (AvgIpc) is 2.77. The largest absolute Gasteiger partial charge is 0.744 e. The van der Waals surface area contributed by atoms with Crippen molar-refractivity contribution in [2.45, 2.75) is 26.5 Å². The number of hydrogen-bond donors (Lipinski definition) is 0. The molecule has 0 fully saturated rings. The molecule has 0 amide bonds. The summed E-state index contributed by atoms with van der Waals surface area (Å²) in [6, 6.07) is 25.5. The zero-order chi connectivity index (χ0) is 24.0. The van der Waals surface area contributed by atoms with Gasteiger partial charge in [0.05, 0.1) is 4.90 Å². The highest BCUT2D eigenvalue weighted by molar-refractivity contribution is 7.97. The molecule has 8 heteroatoms. The molecule has 170 valence electrons. The van der Waals surface area contributed by atoms with Gasteiger partial charge in [0, 0.05) is 12.1 Å². The first-order valence-corrected chi connectivity index (χ1v) is 12.3. The van der Waals surface area contributed by atoms with Crippen LogP contribution in [0.25, 0.3) is 0 Å². The summed E-state index contributed by atoms with van der Waals surface area (Å²) in [5.74, 6) is -2.65. The van der Waals surface area contributed by atoms with E-state index in [1.54, 1.807) is 12.1 Å².